The van der Waals surface area contributed by atoms with Crippen LogP contribution in [0, 0.1) is 3.57 Å². The van der Waals surface area contributed by atoms with Crippen LogP contribution in [0.2, 0.25) is 0 Å². The minimum atomic E-state index is -0.713. The van der Waals surface area contributed by atoms with Crippen molar-refractivity contribution in [1.29, 1.82) is 0 Å². The van der Waals surface area contributed by atoms with Gasteiger partial charge in [0.05, 0.1) is 9.26 Å². The maximum Gasteiger partial charge on any atom is 0.351 e. The number of hydrogen-bond donors (Lipinski definition) is 2. The number of carbonyl (C=O) groups is 2. The maximum atomic E-state index is 12.7. The fourth-order valence-electron chi connectivity index (χ4n) is 3.00. The molecule has 1 aromatic carbocycles. The van der Waals surface area contributed by atoms with Crippen molar-refractivity contribution in [1.82, 2.24) is 9.55 Å². The summed E-state index contributed by atoms with van der Waals surface area (Å²) in [5, 5.41) is 3.10. The normalized spacial score (nSPS) is 20.6. The zero-order valence-electron chi connectivity index (χ0n) is 16.2. The second-order valence-corrected chi connectivity index (χ2v) is 8.23. The molecule has 160 valence electrons. The van der Waals surface area contributed by atoms with E-state index < -0.39 is 36.1 Å². The van der Waals surface area contributed by atoms with E-state index in [0.29, 0.717) is 9.39 Å². The molecule has 1 unspecified atom stereocenters. The molecular weight excluding hydrogens is 525 g/mol. The van der Waals surface area contributed by atoms with E-state index in [4.69, 9.17) is 14.2 Å². The van der Waals surface area contributed by atoms with Crippen molar-refractivity contribution in [2.24, 2.45) is 0 Å². The van der Waals surface area contributed by atoms with E-state index in [1.54, 1.807) is 6.20 Å². The van der Waals surface area contributed by atoms with E-state index >= 15 is 0 Å². The van der Waals surface area contributed by atoms with Gasteiger partial charge < -0.3 is 19.5 Å². The lowest BCUT2D eigenvalue weighted by Gasteiger charge is -2.18. The monoisotopic (exact) mass is 545 g/mol. The largest absolute Gasteiger partial charge is 0.463 e. The highest BCUT2D eigenvalue weighted by Crippen LogP contribution is 2.31. The Labute approximate surface area is 191 Å². The van der Waals surface area contributed by atoms with Crippen molar-refractivity contribution in [3.8, 4) is 0 Å². The van der Waals surface area contributed by atoms with E-state index in [0.717, 1.165) is 10.6 Å². The summed E-state index contributed by atoms with van der Waals surface area (Å²) in [4.78, 5) is 40.0. The van der Waals surface area contributed by atoms with Gasteiger partial charge in [0.25, 0.3) is 0 Å². The Hall–Kier alpha value is -2.12. The molecule has 1 aromatic heterocycles. The zero-order valence-corrected chi connectivity index (χ0v) is 19.3. The standard InChI is InChI=1S/C19H20IN3O6S/c1-10(24)27-9-15-14(28-11(2)25)7-17(29-15)23-8-12(20)18(22-19(23)26)21-13-5-3-4-6-16(13)30/h3-6,8,14-15,17,30H,7,9H2,1-2H3,(H,21,22,26)/t14?,15-,17-/m1/s1. The molecule has 30 heavy (non-hydrogen) atoms. The lowest BCUT2D eigenvalue weighted by molar-refractivity contribution is -0.155. The molecular formula is C19H20IN3O6S. The SMILES string of the molecule is CC(=O)OC[C@H]1O[C@@H](n2cc(I)c(Nc3ccccc3S)nc2=O)CC1OC(C)=O. The summed E-state index contributed by atoms with van der Waals surface area (Å²) in [5.74, 6) is -0.566. The Kier molecular flexibility index (Phi) is 7.36. The van der Waals surface area contributed by atoms with E-state index in [9.17, 15) is 14.4 Å². The third kappa shape index (κ3) is 5.52. The number of hydrogen-bond acceptors (Lipinski definition) is 9. The number of benzene rings is 1. The van der Waals surface area contributed by atoms with E-state index in [1.165, 1.54) is 18.4 Å². The summed E-state index contributed by atoms with van der Waals surface area (Å²) in [6.45, 7) is 2.48. The first-order valence-electron chi connectivity index (χ1n) is 9.04. The van der Waals surface area contributed by atoms with Crippen LogP contribution >= 0.6 is 35.2 Å². The zero-order chi connectivity index (χ0) is 21.8. The molecule has 1 aliphatic rings. The highest BCUT2D eigenvalue weighted by atomic mass is 127. The molecule has 1 N–H and O–H groups in total. The van der Waals surface area contributed by atoms with Gasteiger partial charge >= 0.3 is 17.6 Å². The Morgan fingerprint density at radius 3 is 2.73 bits per heavy atom. The topological polar surface area (TPSA) is 109 Å². The second kappa shape index (κ2) is 9.79. The van der Waals surface area contributed by atoms with Crippen molar-refractivity contribution in [3.63, 3.8) is 0 Å². The smallest absolute Gasteiger partial charge is 0.351 e. The molecule has 2 heterocycles. The van der Waals surface area contributed by atoms with E-state index in [2.05, 4.69) is 45.5 Å². The molecule has 1 fully saturated rings. The fourth-order valence-corrected chi connectivity index (χ4v) is 3.78. The molecule has 3 atom stereocenters. The highest BCUT2D eigenvalue weighted by molar-refractivity contribution is 14.1. The van der Waals surface area contributed by atoms with Crippen LogP contribution in [0.4, 0.5) is 11.5 Å². The van der Waals surface area contributed by atoms with Crippen LogP contribution in [0.3, 0.4) is 0 Å². The van der Waals surface area contributed by atoms with Crippen LogP contribution in [0.25, 0.3) is 0 Å². The molecule has 2 aromatic rings. The number of para-hydroxylation sites is 1. The Balaban J connectivity index is 1.82. The number of rotatable bonds is 6. The molecule has 0 radical (unpaired) electrons. The van der Waals surface area contributed by atoms with Crippen molar-refractivity contribution < 1.29 is 23.8 Å². The van der Waals surface area contributed by atoms with Crippen molar-refractivity contribution >= 4 is 58.7 Å². The van der Waals surface area contributed by atoms with Gasteiger partial charge in [0, 0.05) is 31.4 Å². The number of anilines is 2. The van der Waals surface area contributed by atoms with Gasteiger partial charge in [0.2, 0.25) is 0 Å². The third-order valence-electron chi connectivity index (χ3n) is 4.32. The lowest BCUT2D eigenvalue weighted by atomic mass is 10.2. The van der Waals surface area contributed by atoms with Gasteiger partial charge in [0.15, 0.2) is 5.82 Å². The minimum Gasteiger partial charge on any atom is -0.463 e. The Bertz CT molecular complexity index is 1010. The van der Waals surface area contributed by atoms with Crippen LogP contribution in [-0.4, -0.2) is 40.3 Å². The van der Waals surface area contributed by atoms with E-state index in [-0.39, 0.29) is 13.0 Å². The Morgan fingerprint density at radius 1 is 1.33 bits per heavy atom. The quantitative estimate of drug-likeness (QED) is 0.324. The molecule has 0 bridgehead atoms. The molecule has 0 saturated carbocycles. The first-order valence-corrected chi connectivity index (χ1v) is 10.6. The lowest BCUT2D eigenvalue weighted by Crippen LogP contribution is -2.31. The molecule has 0 spiro atoms. The maximum absolute atomic E-state index is 12.7. The summed E-state index contributed by atoms with van der Waals surface area (Å²) < 4.78 is 18.2. The summed E-state index contributed by atoms with van der Waals surface area (Å²) in [7, 11) is 0. The van der Waals surface area contributed by atoms with Crippen LogP contribution < -0.4 is 11.0 Å². The molecule has 1 aliphatic heterocycles. The summed E-state index contributed by atoms with van der Waals surface area (Å²) in [5.41, 5.74) is 0.186. The van der Waals surface area contributed by atoms with Crippen LogP contribution in [-0.2, 0) is 23.8 Å². The fraction of sp³-hybridized carbons (Fsp3) is 0.368. The minimum absolute atomic E-state index is 0.0819. The van der Waals surface area contributed by atoms with Crippen molar-refractivity contribution in [2.75, 3.05) is 11.9 Å². The van der Waals surface area contributed by atoms with Crippen LogP contribution in [0.1, 0.15) is 26.5 Å². The number of thiol groups is 1. The number of halogens is 1. The molecule has 9 nitrogen and oxygen atoms in total. The number of nitrogens with one attached hydrogen (secondary N) is 1. The summed E-state index contributed by atoms with van der Waals surface area (Å²) >= 11 is 6.45. The highest BCUT2D eigenvalue weighted by Gasteiger charge is 2.39. The summed E-state index contributed by atoms with van der Waals surface area (Å²) in [6, 6.07) is 7.35. The van der Waals surface area contributed by atoms with Gasteiger partial charge in [-0.1, -0.05) is 12.1 Å². The van der Waals surface area contributed by atoms with Crippen molar-refractivity contribution in [2.45, 2.75) is 43.6 Å². The van der Waals surface area contributed by atoms with Gasteiger partial charge in [-0.25, -0.2) is 4.79 Å². The molecule has 0 amide bonds. The molecule has 3 rings (SSSR count). The van der Waals surface area contributed by atoms with Gasteiger partial charge in [-0.2, -0.15) is 4.98 Å². The summed E-state index contributed by atoms with van der Waals surface area (Å²) in [6.07, 6.45) is -0.195. The molecule has 1 saturated heterocycles. The van der Waals surface area contributed by atoms with Gasteiger partial charge in [0.1, 0.15) is 25.0 Å². The van der Waals surface area contributed by atoms with Crippen LogP contribution in [0.5, 0.6) is 0 Å². The Morgan fingerprint density at radius 2 is 2.07 bits per heavy atom. The van der Waals surface area contributed by atoms with Gasteiger partial charge in [-0.05, 0) is 34.7 Å². The first kappa shape index (κ1) is 22.6. The number of nitrogens with zero attached hydrogens (tertiary/aromatic N) is 2. The third-order valence-corrected chi connectivity index (χ3v) is 5.50. The van der Waals surface area contributed by atoms with Gasteiger partial charge in [-0.15, -0.1) is 12.6 Å². The molecule has 0 aliphatic carbocycles. The average Bonchev–Trinajstić information content (AvgIpc) is 3.06. The van der Waals surface area contributed by atoms with Gasteiger partial charge in [-0.3, -0.25) is 14.2 Å². The predicted molar refractivity (Wildman–Crippen MR) is 119 cm³/mol. The van der Waals surface area contributed by atoms with Crippen LogP contribution in [0.15, 0.2) is 40.2 Å². The van der Waals surface area contributed by atoms with Crippen molar-refractivity contribution in [3.05, 3.63) is 44.5 Å². The molecule has 11 heteroatoms. The average molecular weight is 545 g/mol. The first-order chi connectivity index (χ1) is 14.2. The number of carbonyl (C=O) groups excluding carboxylic acids is 2. The number of aromatic nitrogens is 2. The second-order valence-electron chi connectivity index (χ2n) is 6.58. The van der Waals surface area contributed by atoms with E-state index in [1.807, 2.05) is 24.3 Å². The predicted octanol–water partition coefficient (Wildman–Crippen LogP) is 2.66. The number of ether oxygens (including phenoxy) is 3. The number of esters is 2.